The van der Waals surface area contributed by atoms with Gasteiger partial charge in [0, 0.05) is 6.21 Å². The standard InChI is InChI=1S/C17H17NO/c1-2-6-16(7-3-1)17-8-4-5-15(11-17)13-19-18-12-14-9-10-14/h1-8,11-12,14H,9-10,13H2. The Morgan fingerprint density at radius 1 is 1.00 bits per heavy atom. The maximum absolute atomic E-state index is 5.33. The molecule has 0 amide bonds. The second kappa shape index (κ2) is 5.70. The second-order valence-corrected chi connectivity index (χ2v) is 4.93. The second-order valence-electron chi connectivity index (χ2n) is 4.93. The van der Waals surface area contributed by atoms with Gasteiger partial charge < -0.3 is 4.84 Å². The van der Waals surface area contributed by atoms with Gasteiger partial charge in [-0.25, -0.2) is 0 Å². The lowest BCUT2D eigenvalue weighted by Gasteiger charge is -2.04. The van der Waals surface area contributed by atoms with Gasteiger partial charge in [-0.05, 0) is 41.5 Å². The van der Waals surface area contributed by atoms with Crippen molar-refractivity contribution in [3.8, 4) is 11.1 Å². The first-order chi connectivity index (χ1) is 9.42. The maximum Gasteiger partial charge on any atom is 0.142 e. The van der Waals surface area contributed by atoms with Crippen LogP contribution in [0.5, 0.6) is 0 Å². The number of hydrogen-bond donors (Lipinski definition) is 0. The topological polar surface area (TPSA) is 21.6 Å². The number of nitrogens with zero attached hydrogens (tertiary/aromatic N) is 1. The highest BCUT2D eigenvalue weighted by Gasteiger charge is 2.18. The van der Waals surface area contributed by atoms with E-state index in [-0.39, 0.29) is 0 Å². The molecular weight excluding hydrogens is 234 g/mol. The molecule has 0 unspecified atom stereocenters. The van der Waals surface area contributed by atoms with Crippen molar-refractivity contribution in [3.63, 3.8) is 0 Å². The minimum absolute atomic E-state index is 0.532. The van der Waals surface area contributed by atoms with Gasteiger partial charge in [0.2, 0.25) is 0 Å². The fourth-order valence-corrected chi connectivity index (χ4v) is 1.96. The Balaban J connectivity index is 1.65. The van der Waals surface area contributed by atoms with E-state index in [2.05, 4.69) is 53.7 Å². The van der Waals surface area contributed by atoms with E-state index in [1.807, 2.05) is 12.3 Å². The molecule has 0 atom stereocenters. The Labute approximate surface area is 113 Å². The molecule has 96 valence electrons. The van der Waals surface area contributed by atoms with Gasteiger partial charge in [0.25, 0.3) is 0 Å². The molecule has 19 heavy (non-hydrogen) atoms. The van der Waals surface area contributed by atoms with E-state index < -0.39 is 0 Å². The smallest absolute Gasteiger partial charge is 0.142 e. The molecule has 2 nitrogen and oxygen atoms in total. The minimum atomic E-state index is 0.532. The van der Waals surface area contributed by atoms with Crippen molar-refractivity contribution in [1.82, 2.24) is 0 Å². The van der Waals surface area contributed by atoms with Gasteiger partial charge in [0.05, 0.1) is 0 Å². The van der Waals surface area contributed by atoms with E-state index in [1.54, 1.807) is 0 Å². The third-order valence-electron chi connectivity index (χ3n) is 3.23. The number of oxime groups is 1. The first-order valence-corrected chi connectivity index (χ1v) is 6.71. The predicted molar refractivity (Wildman–Crippen MR) is 77.9 cm³/mol. The van der Waals surface area contributed by atoms with Gasteiger partial charge in [-0.2, -0.15) is 0 Å². The SMILES string of the molecule is C(=NOCc1cccc(-c2ccccc2)c1)C1CC1. The Morgan fingerprint density at radius 2 is 1.79 bits per heavy atom. The summed E-state index contributed by atoms with van der Waals surface area (Å²) in [4.78, 5) is 5.33. The summed E-state index contributed by atoms with van der Waals surface area (Å²) in [6.45, 7) is 0.532. The fourth-order valence-electron chi connectivity index (χ4n) is 1.96. The molecule has 1 aliphatic carbocycles. The Bertz CT molecular complexity index is 558. The molecule has 0 saturated heterocycles. The van der Waals surface area contributed by atoms with E-state index >= 15 is 0 Å². The number of benzene rings is 2. The summed E-state index contributed by atoms with van der Waals surface area (Å²) in [5.41, 5.74) is 3.59. The van der Waals surface area contributed by atoms with E-state index in [1.165, 1.54) is 24.0 Å². The molecule has 2 heteroatoms. The Morgan fingerprint density at radius 3 is 2.58 bits per heavy atom. The molecule has 0 N–H and O–H groups in total. The number of rotatable bonds is 5. The van der Waals surface area contributed by atoms with Gasteiger partial charge >= 0.3 is 0 Å². The minimum Gasteiger partial charge on any atom is -0.391 e. The van der Waals surface area contributed by atoms with Crippen LogP contribution in [0.4, 0.5) is 0 Å². The van der Waals surface area contributed by atoms with Crippen molar-refractivity contribution in [2.75, 3.05) is 0 Å². The first kappa shape index (κ1) is 12.0. The lowest BCUT2D eigenvalue weighted by atomic mass is 10.0. The first-order valence-electron chi connectivity index (χ1n) is 6.71. The molecule has 0 heterocycles. The molecule has 1 saturated carbocycles. The molecular formula is C17H17NO. The molecule has 0 radical (unpaired) electrons. The summed E-state index contributed by atoms with van der Waals surface area (Å²) in [6, 6.07) is 18.8. The van der Waals surface area contributed by atoms with E-state index in [9.17, 15) is 0 Å². The third kappa shape index (κ3) is 3.44. The zero-order valence-electron chi connectivity index (χ0n) is 10.8. The summed E-state index contributed by atoms with van der Waals surface area (Å²) in [6.07, 6.45) is 4.44. The molecule has 0 aliphatic heterocycles. The zero-order chi connectivity index (χ0) is 12.9. The van der Waals surface area contributed by atoms with Crippen LogP contribution in [0.2, 0.25) is 0 Å². The summed E-state index contributed by atoms with van der Waals surface area (Å²) < 4.78 is 0. The molecule has 0 bridgehead atoms. The Kier molecular flexibility index (Phi) is 3.59. The van der Waals surface area contributed by atoms with Crippen LogP contribution in [0, 0.1) is 5.92 Å². The highest BCUT2D eigenvalue weighted by molar-refractivity contribution is 5.64. The van der Waals surface area contributed by atoms with Crippen molar-refractivity contribution < 1.29 is 4.84 Å². The highest BCUT2D eigenvalue weighted by Crippen LogP contribution is 2.26. The lowest BCUT2D eigenvalue weighted by Crippen LogP contribution is -1.89. The normalized spacial score (nSPS) is 14.7. The largest absolute Gasteiger partial charge is 0.391 e. The fraction of sp³-hybridized carbons (Fsp3) is 0.235. The molecule has 2 aromatic carbocycles. The summed E-state index contributed by atoms with van der Waals surface area (Å²) in [7, 11) is 0. The third-order valence-corrected chi connectivity index (χ3v) is 3.23. The average molecular weight is 251 g/mol. The van der Waals surface area contributed by atoms with Gasteiger partial charge in [0.15, 0.2) is 0 Å². The van der Waals surface area contributed by atoms with Crippen LogP contribution in [0.15, 0.2) is 59.8 Å². The lowest BCUT2D eigenvalue weighted by molar-refractivity contribution is 0.131. The quantitative estimate of drug-likeness (QED) is 0.574. The highest BCUT2D eigenvalue weighted by atomic mass is 16.6. The summed E-state index contributed by atoms with van der Waals surface area (Å²) in [5, 5.41) is 4.01. The Hall–Kier alpha value is -2.09. The van der Waals surface area contributed by atoms with Crippen LogP contribution in [0.25, 0.3) is 11.1 Å². The molecule has 1 aliphatic rings. The summed E-state index contributed by atoms with van der Waals surface area (Å²) in [5.74, 6) is 0.663. The molecule has 3 rings (SSSR count). The van der Waals surface area contributed by atoms with Gasteiger partial charge in [-0.3, -0.25) is 0 Å². The predicted octanol–water partition coefficient (Wildman–Crippen LogP) is 4.27. The monoisotopic (exact) mass is 251 g/mol. The van der Waals surface area contributed by atoms with Crippen molar-refractivity contribution in [1.29, 1.82) is 0 Å². The van der Waals surface area contributed by atoms with Crippen molar-refractivity contribution in [2.24, 2.45) is 11.1 Å². The average Bonchev–Trinajstić information content (AvgIpc) is 3.29. The zero-order valence-corrected chi connectivity index (χ0v) is 10.8. The van der Waals surface area contributed by atoms with Crippen LogP contribution in [0.1, 0.15) is 18.4 Å². The van der Waals surface area contributed by atoms with Crippen molar-refractivity contribution >= 4 is 6.21 Å². The van der Waals surface area contributed by atoms with Crippen LogP contribution >= 0.6 is 0 Å². The van der Waals surface area contributed by atoms with E-state index in [0.29, 0.717) is 12.5 Å². The molecule has 2 aromatic rings. The molecule has 1 fully saturated rings. The maximum atomic E-state index is 5.33. The van der Waals surface area contributed by atoms with E-state index in [0.717, 1.165) is 5.56 Å². The van der Waals surface area contributed by atoms with Crippen LogP contribution < -0.4 is 0 Å². The van der Waals surface area contributed by atoms with Crippen LogP contribution in [-0.4, -0.2) is 6.21 Å². The summed E-state index contributed by atoms with van der Waals surface area (Å²) >= 11 is 0. The van der Waals surface area contributed by atoms with Crippen molar-refractivity contribution in [3.05, 3.63) is 60.2 Å². The molecule has 0 spiro atoms. The van der Waals surface area contributed by atoms with Crippen molar-refractivity contribution in [2.45, 2.75) is 19.4 Å². The van der Waals surface area contributed by atoms with Gasteiger partial charge in [0.1, 0.15) is 6.61 Å². The van der Waals surface area contributed by atoms with Gasteiger partial charge in [-0.1, -0.05) is 53.7 Å². The van der Waals surface area contributed by atoms with E-state index in [4.69, 9.17) is 4.84 Å². The number of hydrogen-bond acceptors (Lipinski definition) is 2. The van der Waals surface area contributed by atoms with Crippen LogP contribution in [-0.2, 0) is 11.4 Å². The van der Waals surface area contributed by atoms with Crippen LogP contribution in [0.3, 0.4) is 0 Å². The molecule has 0 aromatic heterocycles. The van der Waals surface area contributed by atoms with Gasteiger partial charge in [-0.15, -0.1) is 0 Å².